The standard InChI is InChI=1S/C18H21NO.C2H2O4/c1-3-12-20-18-7-5-4-6-17(18)14-19-13-16-10-8-15(2)9-11-16;3-1(4)2(5)6/h3-11,19H,1,12-14H2,2H3;(H,3,4)(H,5,6). The van der Waals surface area contributed by atoms with Crippen molar-refractivity contribution in [1.29, 1.82) is 0 Å². The fraction of sp³-hybridized carbons (Fsp3) is 0.200. The number of benzene rings is 2. The molecule has 0 aromatic heterocycles. The highest BCUT2D eigenvalue weighted by Gasteiger charge is 2.04. The average Bonchev–Trinajstić information content (AvgIpc) is 2.63. The van der Waals surface area contributed by atoms with E-state index in [0.29, 0.717) is 6.61 Å². The number of hydrogen-bond donors (Lipinski definition) is 3. The maximum Gasteiger partial charge on any atom is 0.414 e. The highest BCUT2D eigenvalue weighted by molar-refractivity contribution is 6.27. The smallest absolute Gasteiger partial charge is 0.414 e. The molecule has 2 aromatic rings. The summed E-state index contributed by atoms with van der Waals surface area (Å²) >= 11 is 0. The summed E-state index contributed by atoms with van der Waals surface area (Å²) in [4.78, 5) is 18.2. The predicted octanol–water partition coefficient (Wildman–Crippen LogP) is 3.01. The van der Waals surface area contributed by atoms with E-state index >= 15 is 0 Å². The van der Waals surface area contributed by atoms with Crippen molar-refractivity contribution in [3.8, 4) is 5.75 Å². The minimum Gasteiger partial charge on any atom is -0.489 e. The molecule has 0 fully saturated rings. The Bertz CT molecular complexity index is 713. The Labute approximate surface area is 152 Å². The van der Waals surface area contributed by atoms with E-state index in [-0.39, 0.29) is 0 Å². The molecule has 0 bridgehead atoms. The number of hydrogen-bond acceptors (Lipinski definition) is 4. The van der Waals surface area contributed by atoms with Gasteiger partial charge in [-0.2, -0.15) is 0 Å². The zero-order chi connectivity index (χ0) is 19.4. The summed E-state index contributed by atoms with van der Waals surface area (Å²) < 4.78 is 5.65. The Balaban J connectivity index is 0.000000487. The molecule has 0 saturated carbocycles. The number of carboxylic acid groups (broad SMARTS) is 2. The molecule has 0 saturated heterocycles. The average molecular weight is 357 g/mol. The third-order valence-electron chi connectivity index (χ3n) is 3.28. The van der Waals surface area contributed by atoms with E-state index in [9.17, 15) is 0 Å². The molecule has 0 aliphatic rings. The van der Waals surface area contributed by atoms with E-state index in [1.165, 1.54) is 16.7 Å². The molecule has 0 amide bonds. The number of carboxylic acids is 2. The second-order valence-corrected chi connectivity index (χ2v) is 5.41. The number of ether oxygens (including phenoxy) is 1. The first-order valence-corrected chi connectivity index (χ1v) is 7.98. The molecule has 0 aliphatic heterocycles. The van der Waals surface area contributed by atoms with Gasteiger partial charge in [0.25, 0.3) is 0 Å². The Hall–Kier alpha value is -3.12. The Morgan fingerprint density at radius 3 is 2.23 bits per heavy atom. The first-order chi connectivity index (χ1) is 12.4. The third-order valence-corrected chi connectivity index (χ3v) is 3.28. The van der Waals surface area contributed by atoms with Crippen LogP contribution in [-0.2, 0) is 22.7 Å². The summed E-state index contributed by atoms with van der Waals surface area (Å²) in [5.74, 6) is -2.73. The van der Waals surface area contributed by atoms with Crippen LogP contribution in [0.25, 0.3) is 0 Å². The lowest BCUT2D eigenvalue weighted by Gasteiger charge is -2.11. The maximum atomic E-state index is 9.10. The molecule has 0 unspecified atom stereocenters. The van der Waals surface area contributed by atoms with Crippen LogP contribution in [0.5, 0.6) is 5.75 Å². The Morgan fingerprint density at radius 1 is 1.04 bits per heavy atom. The van der Waals surface area contributed by atoms with E-state index in [4.69, 9.17) is 24.5 Å². The quantitative estimate of drug-likeness (QED) is 0.521. The second-order valence-electron chi connectivity index (χ2n) is 5.41. The summed E-state index contributed by atoms with van der Waals surface area (Å²) in [5, 5.41) is 18.2. The minimum absolute atomic E-state index is 0.537. The van der Waals surface area contributed by atoms with Crippen molar-refractivity contribution in [2.75, 3.05) is 6.61 Å². The fourth-order valence-electron chi connectivity index (χ4n) is 1.99. The lowest BCUT2D eigenvalue weighted by molar-refractivity contribution is -0.159. The van der Waals surface area contributed by atoms with Crippen LogP contribution in [0.2, 0.25) is 0 Å². The summed E-state index contributed by atoms with van der Waals surface area (Å²) in [6.07, 6.45) is 1.76. The fourth-order valence-corrected chi connectivity index (χ4v) is 1.99. The zero-order valence-corrected chi connectivity index (χ0v) is 14.6. The van der Waals surface area contributed by atoms with E-state index in [0.717, 1.165) is 18.8 Å². The van der Waals surface area contributed by atoms with Crippen LogP contribution < -0.4 is 10.1 Å². The van der Waals surface area contributed by atoms with Gasteiger partial charge in [-0.25, -0.2) is 9.59 Å². The number of aryl methyl sites for hydroxylation is 1. The Kier molecular flexibility index (Phi) is 9.20. The van der Waals surface area contributed by atoms with Crippen molar-refractivity contribution in [2.24, 2.45) is 0 Å². The highest BCUT2D eigenvalue weighted by atomic mass is 16.5. The zero-order valence-electron chi connectivity index (χ0n) is 14.6. The molecule has 0 atom stereocenters. The minimum atomic E-state index is -1.82. The molecule has 0 heterocycles. The van der Waals surface area contributed by atoms with Gasteiger partial charge in [0.05, 0.1) is 0 Å². The highest BCUT2D eigenvalue weighted by Crippen LogP contribution is 2.17. The first-order valence-electron chi connectivity index (χ1n) is 7.98. The van der Waals surface area contributed by atoms with Gasteiger partial charge in [0, 0.05) is 18.7 Å². The Morgan fingerprint density at radius 2 is 1.65 bits per heavy atom. The van der Waals surface area contributed by atoms with Crippen LogP contribution in [0, 0.1) is 6.92 Å². The van der Waals surface area contributed by atoms with Gasteiger partial charge in [-0.05, 0) is 18.6 Å². The van der Waals surface area contributed by atoms with Crippen LogP contribution in [0.1, 0.15) is 16.7 Å². The summed E-state index contributed by atoms with van der Waals surface area (Å²) in [5.41, 5.74) is 3.75. The first kappa shape index (κ1) is 20.9. The summed E-state index contributed by atoms with van der Waals surface area (Å²) in [7, 11) is 0. The van der Waals surface area contributed by atoms with Crippen LogP contribution in [0.15, 0.2) is 61.2 Å². The van der Waals surface area contributed by atoms with Crippen LogP contribution >= 0.6 is 0 Å². The largest absolute Gasteiger partial charge is 0.489 e. The van der Waals surface area contributed by atoms with Gasteiger partial charge in [0.1, 0.15) is 12.4 Å². The molecule has 2 rings (SSSR count). The number of rotatable bonds is 7. The number of carbonyl (C=O) groups is 2. The lowest BCUT2D eigenvalue weighted by atomic mass is 10.1. The van der Waals surface area contributed by atoms with Crippen molar-refractivity contribution in [3.05, 3.63) is 77.9 Å². The monoisotopic (exact) mass is 357 g/mol. The lowest BCUT2D eigenvalue weighted by Crippen LogP contribution is -2.13. The van der Waals surface area contributed by atoms with Gasteiger partial charge in [0.15, 0.2) is 0 Å². The topological polar surface area (TPSA) is 95.9 Å². The van der Waals surface area contributed by atoms with Gasteiger partial charge >= 0.3 is 11.9 Å². The van der Waals surface area contributed by atoms with E-state index in [2.05, 4.69) is 49.2 Å². The molecule has 2 aromatic carbocycles. The summed E-state index contributed by atoms with van der Waals surface area (Å²) in [6.45, 7) is 7.96. The normalized spacial score (nSPS) is 9.58. The molecule has 0 aliphatic carbocycles. The van der Waals surface area contributed by atoms with Crippen molar-refractivity contribution in [2.45, 2.75) is 20.0 Å². The van der Waals surface area contributed by atoms with Gasteiger partial charge in [0.2, 0.25) is 0 Å². The van der Waals surface area contributed by atoms with Crippen LogP contribution in [-0.4, -0.2) is 28.8 Å². The van der Waals surface area contributed by atoms with Crippen molar-refractivity contribution < 1.29 is 24.5 Å². The van der Waals surface area contributed by atoms with E-state index < -0.39 is 11.9 Å². The third kappa shape index (κ3) is 8.12. The summed E-state index contributed by atoms with van der Waals surface area (Å²) in [6, 6.07) is 16.7. The molecule has 6 nitrogen and oxygen atoms in total. The number of para-hydroxylation sites is 1. The molecule has 26 heavy (non-hydrogen) atoms. The van der Waals surface area contributed by atoms with Crippen molar-refractivity contribution >= 4 is 11.9 Å². The molecule has 0 radical (unpaired) electrons. The van der Waals surface area contributed by atoms with Crippen molar-refractivity contribution in [3.63, 3.8) is 0 Å². The molecule has 138 valence electrons. The van der Waals surface area contributed by atoms with Crippen LogP contribution in [0.3, 0.4) is 0 Å². The van der Waals surface area contributed by atoms with E-state index in [1.807, 2.05) is 18.2 Å². The number of nitrogens with one attached hydrogen (secondary N) is 1. The second kappa shape index (κ2) is 11.4. The van der Waals surface area contributed by atoms with Gasteiger partial charge in [-0.3, -0.25) is 0 Å². The van der Waals surface area contributed by atoms with Gasteiger partial charge in [-0.15, -0.1) is 0 Å². The molecular weight excluding hydrogens is 334 g/mol. The maximum absolute atomic E-state index is 9.10. The molecule has 3 N–H and O–H groups in total. The predicted molar refractivity (Wildman–Crippen MR) is 99.1 cm³/mol. The molecule has 0 spiro atoms. The van der Waals surface area contributed by atoms with Crippen molar-refractivity contribution in [1.82, 2.24) is 5.32 Å². The molecule has 6 heteroatoms. The van der Waals surface area contributed by atoms with Gasteiger partial charge < -0.3 is 20.3 Å². The van der Waals surface area contributed by atoms with E-state index in [1.54, 1.807) is 6.08 Å². The van der Waals surface area contributed by atoms with Crippen LogP contribution in [0.4, 0.5) is 0 Å². The SMILES string of the molecule is C=CCOc1ccccc1CNCc1ccc(C)cc1.O=C(O)C(=O)O. The number of aliphatic carboxylic acids is 2. The molecular formula is C20H23NO5. The van der Waals surface area contributed by atoms with Gasteiger partial charge in [-0.1, -0.05) is 60.7 Å².